The molecule has 3 nitrogen and oxygen atoms in total. The lowest BCUT2D eigenvalue weighted by molar-refractivity contribution is 0.314. The van der Waals surface area contributed by atoms with Crippen LogP contribution >= 0.6 is 0 Å². The second kappa shape index (κ2) is 7.37. The summed E-state index contributed by atoms with van der Waals surface area (Å²) in [5, 5.41) is 0. The quantitative estimate of drug-likeness (QED) is 0.691. The lowest BCUT2D eigenvalue weighted by atomic mass is 10.2. The standard InChI is InChI=1S/C12H21N3/c1-15(10-6-2-4-8-13)11-12-7-3-5-9-14-12/h3,5,7,9H,2,4,6,8,10-11,13H2,1H3. The maximum absolute atomic E-state index is 5.45. The summed E-state index contributed by atoms with van der Waals surface area (Å²) in [5.74, 6) is 0. The molecule has 0 saturated heterocycles. The summed E-state index contributed by atoms with van der Waals surface area (Å²) >= 11 is 0. The molecule has 3 heteroatoms. The number of unbranched alkanes of at least 4 members (excludes halogenated alkanes) is 2. The van der Waals surface area contributed by atoms with Crippen molar-refractivity contribution >= 4 is 0 Å². The molecule has 0 aliphatic rings. The third-order valence-electron chi connectivity index (χ3n) is 2.40. The van der Waals surface area contributed by atoms with Crippen molar-refractivity contribution < 1.29 is 0 Å². The predicted molar refractivity (Wildman–Crippen MR) is 63.5 cm³/mol. The van der Waals surface area contributed by atoms with Crippen LogP contribution in [0, 0.1) is 0 Å². The first kappa shape index (κ1) is 12.1. The number of hydrogen-bond acceptors (Lipinski definition) is 3. The van der Waals surface area contributed by atoms with E-state index in [1.165, 1.54) is 12.8 Å². The highest BCUT2D eigenvalue weighted by atomic mass is 15.1. The molecule has 15 heavy (non-hydrogen) atoms. The van der Waals surface area contributed by atoms with Gasteiger partial charge in [0.1, 0.15) is 0 Å². The molecule has 0 aliphatic carbocycles. The molecule has 0 aliphatic heterocycles. The molecule has 0 fully saturated rings. The maximum Gasteiger partial charge on any atom is 0.0543 e. The smallest absolute Gasteiger partial charge is 0.0543 e. The van der Waals surface area contributed by atoms with E-state index in [2.05, 4.69) is 23.0 Å². The molecule has 2 N–H and O–H groups in total. The molecule has 0 atom stereocenters. The van der Waals surface area contributed by atoms with E-state index in [1.807, 2.05) is 18.3 Å². The third-order valence-corrected chi connectivity index (χ3v) is 2.40. The minimum Gasteiger partial charge on any atom is -0.330 e. The van der Waals surface area contributed by atoms with Crippen molar-refractivity contribution in [1.29, 1.82) is 0 Å². The van der Waals surface area contributed by atoms with E-state index in [9.17, 15) is 0 Å². The van der Waals surface area contributed by atoms with Crippen molar-refractivity contribution in [3.8, 4) is 0 Å². The van der Waals surface area contributed by atoms with Gasteiger partial charge in [-0.3, -0.25) is 4.98 Å². The van der Waals surface area contributed by atoms with Crippen molar-refractivity contribution in [1.82, 2.24) is 9.88 Å². The van der Waals surface area contributed by atoms with E-state index in [0.717, 1.165) is 31.7 Å². The van der Waals surface area contributed by atoms with Gasteiger partial charge in [-0.1, -0.05) is 12.5 Å². The first-order valence-corrected chi connectivity index (χ1v) is 5.61. The molecule has 0 aromatic carbocycles. The zero-order valence-electron chi connectivity index (χ0n) is 9.52. The molecule has 84 valence electrons. The summed E-state index contributed by atoms with van der Waals surface area (Å²) in [6.45, 7) is 2.87. The number of pyridine rings is 1. The Balaban J connectivity index is 2.16. The minimum absolute atomic E-state index is 0.809. The predicted octanol–water partition coefficient (Wildman–Crippen LogP) is 1.64. The minimum atomic E-state index is 0.809. The molecule has 1 aromatic rings. The van der Waals surface area contributed by atoms with Gasteiger partial charge < -0.3 is 10.6 Å². The second-order valence-electron chi connectivity index (χ2n) is 3.91. The summed E-state index contributed by atoms with van der Waals surface area (Å²) in [7, 11) is 2.14. The Morgan fingerprint density at radius 1 is 1.27 bits per heavy atom. The Morgan fingerprint density at radius 3 is 2.80 bits per heavy atom. The number of nitrogens with two attached hydrogens (primary N) is 1. The normalized spacial score (nSPS) is 10.9. The first-order chi connectivity index (χ1) is 7.33. The highest BCUT2D eigenvalue weighted by molar-refractivity contribution is 5.02. The first-order valence-electron chi connectivity index (χ1n) is 5.61. The van der Waals surface area contributed by atoms with Gasteiger partial charge in [-0.15, -0.1) is 0 Å². The molecular formula is C12H21N3. The Kier molecular flexibility index (Phi) is 5.97. The van der Waals surface area contributed by atoms with E-state index in [4.69, 9.17) is 5.73 Å². The summed E-state index contributed by atoms with van der Waals surface area (Å²) in [4.78, 5) is 6.61. The molecular weight excluding hydrogens is 186 g/mol. The molecule has 0 unspecified atom stereocenters. The molecule has 0 saturated carbocycles. The van der Waals surface area contributed by atoms with Gasteiger partial charge in [-0.05, 0) is 45.1 Å². The van der Waals surface area contributed by atoms with Crippen molar-refractivity contribution in [3.63, 3.8) is 0 Å². The van der Waals surface area contributed by atoms with Gasteiger partial charge in [-0.25, -0.2) is 0 Å². The topological polar surface area (TPSA) is 42.1 Å². The Hall–Kier alpha value is -0.930. The number of aromatic nitrogens is 1. The van der Waals surface area contributed by atoms with Crippen LogP contribution in [-0.4, -0.2) is 30.0 Å². The Labute approximate surface area is 92.3 Å². The van der Waals surface area contributed by atoms with E-state index >= 15 is 0 Å². The van der Waals surface area contributed by atoms with Crippen LogP contribution in [0.15, 0.2) is 24.4 Å². The molecule has 0 bridgehead atoms. The third kappa shape index (κ3) is 5.50. The second-order valence-corrected chi connectivity index (χ2v) is 3.91. The molecule has 1 aromatic heterocycles. The highest BCUT2D eigenvalue weighted by Gasteiger charge is 1.99. The van der Waals surface area contributed by atoms with E-state index in [1.54, 1.807) is 0 Å². The lowest BCUT2D eigenvalue weighted by Gasteiger charge is -2.15. The van der Waals surface area contributed by atoms with Gasteiger partial charge in [0.05, 0.1) is 5.69 Å². The van der Waals surface area contributed by atoms with Crippen molar-refractivity contribution in [2.75, 3.05) is 20.1 Å². The fourth-order valence-electron chi connectivity index (χ4n) is 1.55. The highest BCUT2D eigenvalue weighted by Crippen LogP contribution is 2.01. The molecule has 0 spiro atoms. The average Bonchev–Trinajstić information content (AvgIpc) is 2.26. The SMILES string of the molecule is CN(CCCCCN)Cc1ccccn1. The van der Waals surface area contributed by atoms with Crippen LogP contribution < -0.4 is 5.73 Å². The zero-order valence-corrected chi connectivity index (χ0v) is 9.52. The average molecular weight is 207 g/mol. The van der Waals surface area contributed by atoms with Gasteiger partial charge in [0, 0.05) is 12.7 Å². The van der Waals surface area contributed by atoms with Crippen LogP contribution in [0.4, 0.5) is 0 Å². The fourth-order valence-corrected chi connectivity index (χ4v) is 1.55. The Morgan fingerprint density at radius 2 is 2.13 bits per heavy atom. The monoisotopic (exact) mass is 207 g/mol. The van der Waals surface area contributed by atoms with Crippen LogP contribution in [0.25, 0.3) is 0 Å². The van der Waals surface area contributed by atoms with Gasteiger partial charge in [0.25, 0.3) is 0 Å². The number of rotatable bonds is 7. The molecule has 0 radical (unpaired) electrons. The zero-order chi connectivity index (χ0) is 10.9. The molecule has 1 heterocycles. The maximum atomic E-state index is 5.45. The van der Waals surface area contributed by atoms with Gasteiger partial charge in [0.15, 0.2) is 0 Å². The van der Waals surface area contributed by atoms with Crippen LogP contribution in [0.3, 0.4) is 0 Å². The van der Waals surface area contributed by atoms with Crippen molar-refractivity contribution in [2.45, 2.75) is 25.8 Å². The van der Waals surface area contributed by atoms with Crippen molar-refractivity contribution in [2.24, 2.45) is 5.73 Å². The Bertz CT molecular complexity index is 248. The number of nitrogens with zero attached hydrogens (tertiary/aromatic N) is 2. The fraction of sp³-hybridized carbons (Fsp3) is 0.583. The van der Waals surface area contributed by atoms with Gasteiger partial charge >= 0.3 is 0 Å². The van der Waals surface area contributed by atoms with Crippen LogP contribution in [0.1, 0.15) is 25.0 Å². The molecule has 0 amide bonds. The largest absolute Gasteiger partial charge is 0.330 e. The van der Waals surface area contributed by atoms with E-state index in [-0.39, 0.29) is 0 Å². The molecule has 1 rings (SSSR count). The summed E-state index contributed by atoms with van der Waals surface area (Å²) in [5.41, 5.74) is 6.58. The van der Waals surface area contributed by atoms with Crippen molar-refractivity contribution in [3.05, 3.63) is 30.1 Å². The summed E-state index contributed by atoms with van der Waals surface area (Å²) < 4.78 is 0. The van der Waals surface area contributed by atoms with E-state index < -0.39 is 0 Å². The summed E-state index contributed by atoms with van der Waals surface area (Å²) in [6, 6.07) is 6.05. The van der Waals surface area contributed by atoms with Gasteiger partial charge in [0.2, 0.25) is 0 Å². The summed E-state index contributed by atoms with van der Waals surface area (Å²) in [6.07, 6.45) is 5.43. The van der Waals surface area contributed by atoms with Crippen LogP contribution in [-0.2, 0) is 6.54 Å². The van der Waals surface area contributed by atoms with Gasteiger partial charge in [-0.2, -0.15) is 0 Å². The van der Waals surface area contributed by atoms with Crippen LogP contribution in [0.2, 0.25) is 0 Å². The lowest BCUT2D eigenvalue weighted by Crippen LogP contribution is -2.19. The van der Waals surface area contributed by atoms with Crippen LogP contribution in [0.5, 0.6) is 0 Å². The van der Waals surface area contributed by atoms with E-state index in [0.29, 0.717) is 0 Å². The number of hydrogen-bond donors (Lipinski definition) is 1.